The van der Waals surface area contributed by atoms with Gasteiger partial charge in [0.05, 0.1) is 4.90 Å². The van der Waals surface area contributed by atoms with E-state index >= 15 is 0 Å². The molecule has 15 heavy (non-hydrogen) atoms. The molecule has 2 N–H and O–H groups in total. The van der Waals surface area contributed by atoms with E-state index in [0.717, 1.165) is 11.1 Å². The first kappa shape index (κ1) is 10.4. The summed E-state index contributed by atoms with van der Waals surface area (Å²) >= 11 is 0. The third-order valence-electron chi connectivity index (χ3n) is 2.53. The van der Waals surface area contributed by atoms with Gasteiger partial charge in [0.2, 0.25) is 9.84 Å². The highest BCUT2D eigenvalue weighted by Gasteiger charge is 2.28. The van der Waals surface area contributed by atoms with Crippen molar-refractivity contribution in [3.8, 4) is 0 Å². The lowest BCUT2D eigenvalue weighted by Crippen LogP contribution is -2.16. The molecule has 80 valence electrons. The molecule has 1 atom stereocenters. The Morgan fingerprint density at radius 2 is 2.00 bits per heavy atom. The van der Waals surface area contributed by atoms with E-state index in [2.05, 4.69) is 0 Å². The fraction of sp³-hybridized carbons (Fsp3) is 0.273. The summed E-state index contributed by atoms with van der Waals surface area (Å²) in [4.78, 5) is 0.375. The number of aryl methyl sites for hydroxylation is 1. The molecule has 1 aliphatic heterocycles. The molecule has 1 heterocycles. The van der Waals surface area contributed by atoms with Crippen molar-refractivity contribution in [1.82, 2.24) is 0 Å². The van der Waals surface area contributed by atoms with E-state index in [1.807, 2.05) is 13.0 Å². The van der Waals surface area contributed by atoms with Crippen LogP contribution in [0.2, 0.25) is 0 Å². The van der Waals surface area contributed by atoms with E-state index in [4.69, 9.17) is 5.73 Å². The van der Waals surface area contributed by atoms with Crippen LogP contribution in [-0.4, -0.2) is 14.5 Å². The van der Waals surface area contributed by atoms with Crippen molar-refractivity contribution >= 4 is 15.4 Å². The fourth-order valence-corrected chi connectivity index (χ4v) is 3.31. The first-order valence-electron chi connectivity index (χ1n) is 4.75. The van der Waals surface area contributed by atoms with Gasteiger partial charge in [0, 0.05) is 11.4 Å². The Labute approximate surface area is 89.5 Å². The second-order valence-electron chi connectivity index (χ2n) is 3.91. The van der Waals surface area contributed by atoms with Gasteiger partial charge >= 0.3 is 0 Å². The maximum absolute atomic E-state index is 11.7. The monoisotopic (exact) mass is 223 g/mol. The average Bonchev–Trinajstić information content (AvgIpc) is 2.38. The Balaban J connectivity index is 2.74. The summed E-state index contributed by atoms with van der Waals surface area (Å²) in [6, 6.07) is 5.05. The Hall–Kier alpha value is -1.13. The number of benzene rings is 1. The summed E-state index contributed by atoms with van der Waals surface area (Å²) in [6.45, 7) is 3.73. The highest BCUT2D eigenvalue weighted by atomic mass is 32.2. The van der Waals surface area contributed by atoms with Crippen molar-refractivity contribution in [3.05, 3.63) is 34.7 Å². The maximum Gasteiger partial charge on any atom is 0.200 e. The molecule has 0 bridgehead atoms. The van der Waals surface area contributed by atoms with Gasteiger partial charge in [-0.2, -0.15) is 0 Å². The van der Waals surface area contributed by atoms with E-state index in [0.29, 0.717) is 10.5 Å². The van der Waals surface area contributed by atoms with Crippen LogP contribution in [0.3, 0.4) is 0 Å². The molecule has 1 aromatic rings. The molecule has 1 aliphatic rings. The van der Waals surface area contributed by atoms with Crippen LogP contribution in [0.25, 0.3) is 5.57 Å². The largest absolute Gasteiger partial charge is 0.324 e. The van der Waals surface area contributed by atoms with Crippen LogP contribution in [0, 0.1) is 6.92 Å². The second-order valence-corrected chi connectivity index (χ2v) is 5.67. The van der Waals surface area contributed by atoms with Crippen molar-refractivity contribution in [2.45, 2.75) is 24.8 Å². The second kappa shape index (κ2) is 3.18. The van der Waals surface area contributed by atoms with Gasteiger partial charge in [-0.3, -0.25) is 0 Å². The van der Waals surface area contributed by atoms with Gasteiger partial charge in [0.15, 0.2) is 0 Å². The summed E-state index contributed by atoms with van der Waals surface area (Å²) in [5, 5.41) is 1.28. The van der Waals surface area contributed by atoms with Crippen LogP contribution in [-0.2, 0) is 9.84 Å². The first-order valence-corrected chi connectivity index (χ1v) is 6.30. The SMILES string of the molecule is Cc1ccc2c(c1)C(C(C)N)=CS2(=O)=O. The normalized spacial score (nSPS) is 19.5. The number of sulfone groups is 1. The third kappa shape index (κ3) is 1.60. The van der Waals surface area contributed by atoms with E-state index in [9.17, 15) is 8.42 Å². The molecule has 0 saturated heterocycles. The lowest BCUT2D eigenvalue weighted by Gasteiger charge is -2.08. The maximum atomic E-state index is 11.7. The summed E-state index contributed by atoms with van der Waals surface area (Å²) in [5.74, 6) is 0. The summed E-state index contributed by atoms with van der Waals surface area (Å²) in [5.41, 5.74) is 8.25. The number of rotatable bonds is 1. The molecular formula is C11H13NO2S. The van der Waals surface area contributed by atoms with E-state index in [1.54, 1.807) is 19.1 Å². The van der Waals surface area contributed by atoms with Gasteiger partial charge in [-0.25, -0.2) is 8.42 Å². The number of hydrogen-bond acceptors (Lipinski definition) is 3. The minimum atomic E-state index is -3.26. The minimum absolute atomic E-state index is 0.261. The van der Waals surface area contributed by atoms with Gasteiger partial charge in [0.1, 0.15) is 0 Å². The Morgan fingerprint density at radius 3 is 2.60 bits per heavy atom. The highest BCUT2D eigenvalue weighted by Crippen LogP contribution is 2.35. The van der Waals surface area contributed by atoms with Crippen LogP contribution >= 0.6 is 0 Å². The van der Waals surface area contributed by atoms with Crippen molar-refractivity contribution < 1.29 is 8.42 Å². The fourth-order valence-electron chi connectivity index (χ4n) is 1.76. The van der Waals surface area contributed by atoms with Gasteiger partial charge < -0.3 is 5.73 Å². The highest BCUT2D eigenvalue weighted by molar-refractivity contribution is 7.95. The van der Waals surface area contributed by atoms with Crippen molar-refractivity contribution in [1.29, 1.82) is 0 Å². The molecule has 0 saturated carbocycles. The van der Waals surface area contributed by atoms with Crippen LogP contribution in [0.4, 0.5) is 0 Å². The molecule has 0 aliphatic carbocycles. The van der Waals surface area contributed by atoms with Crippen LogP contribution in [0.15, 0.2) is 28.5 Å². The zero-order valence-corrected chi connectivity index (χ0v) is 9.51. The minimum Gasteiger partial charge on any atom is -0.324 e. The lowest BCUT2D eigenvalue weighted by molar-refractivity contribution is 0.605. The van der Waals surface area contributed by atoms with Gasteiger partial charge in [-0.05, 0) is 31.1 Å². The molecule has 0 spiro atoms. The topological polar surface area (TPSA) is 60.2 Å². The molecule has 1 aromatic carbocycles. The summed E-state index contributed by atoms with van der Waals surface area (Å²) < 4.78 is 23.5. The zero-order valence-electron chi connectivity index (χ0n) is 8.69. The van der Waals surface area contributed by atoms with Gasteiger partial charge in [-0.15, -0.1) is 0 Å². The zero-order chi connectivity index (χ0) is 11.2. The van der Waals surface area contributed by atoms with Gasteiger partial charge in [0.25, 0.3) is 0 Å². The molecule has 0 aromatic heterocycles. The smallest absolute Gasteiger partial charge is 0.200 e. The average molecular weight is 223 g/mol. The predicted molar refractivity (Wildman–Crippen MR) is 60.0 cm³/mol. The Kier molecular flexibility index (Phi) is 2.20. The molecule has 0 amide bonds. The number of fused-ring (bicyclic) bond motifs is 1. The molecule has 0 fully saturated rings. The van der Waals surface area contributed by atoms with Crippen molar-refractivity contribution in [2.24, 2.45) is 5.73 Å². The Bertz CT molecular complexity index is 542. The molecule has 3 nitrogen and oxygen atoms in total. The predicted octanol–water partition coefficient (Wildman–Crippen LogP) is 1.47. The third-order valence-corrected chi connectivity index (χ3v) is 4.06. The van der Waals surface area contributed by atoms with Crippen LogP contribution in [0.5, 0.6) is 0 Å². The number of nitrogens with two attached hydrogens (primary N) is 1. The van der Waals surface area contributed by atoms with E-state index in [1.165, 1.54) is 5.41 Å². The van der Waals surface area contributed by atoms with Crippen LogP contribution < -0.4 is 5.73 Å². The van der Waals surface area contributed by atoms with E-state index in [-0.39, 0.29) is 6.04 Å². The lowest BCUT2D eigenvalue weighted by atomic mass is 10.0. The molecule has 4 heteroatoms. The summed E-state index contributed by atoms with van der Waals surface area (Å²) in [7, 11) is -3.26. The molecule has 2 rings (SSSR count). The Morgan fingerprint density at radius 1 is 1.33 bits per heavy atom. The standard InChI is InChI=1S/C11H13NO2S/c1-7-3-4-11-9(5-7)10(8(2)12)6-15(11,13)14/h3-6,8H,12H2,1-2H3. The van der Waals surface area contributed by atoms with Crippen molar-refractivity contribution in [3.63, 3.8) is 0 Å². The van der Waals surface area contributed by atoms with Crippen LogP contribution in [0.1, 0.15) is 18.1 Å². The van der Waals surface area contributed by atoms with Gasteiger partial charge in [-0.1, -0.05) is 17.7 Å². The quantitative estimate of drug-likeness (QED) is 0.784. The van der Waals surface area contributed by atoms with E-state index < -0.39 is 9.84 Å². The first-order chi connectivity index (χ1) is 6.92. The van der Waals surface area contributed by atoms with Crippen molar-refractivity contribution in [2.75, 3.05) is 0 Å². The molecule has 0 radical (unpaired) electrons. The molecule has 1 unspecified atom stereocenters. The molecular weight excluding hydrogens is 210 g/mol. The number of hydrogen-bond donors (Lipinski definition) is 1. The summed E-state index contributed by atoms with van der Waals surface area (Å²) in [6.07, 6.45) is 0.